The highest BCUT2D eigenvalue weighted by molar-refractivity contribution is 5.00. The van der Waals surface area contributed by atoms with Crippen molar-refractivity contribution in [1.29, 1.82) is 0 Å². The summed E-state index contributed by atoms with van der Waals surface area (Å²) in [5.41, 5.74) is 0.872. The van der Waals surface area contributed by atoms with Crippen molar-refractivity contribution in [3.8, 4) is 0 Å². The molecule has 0 aromatic rings. The van der Waals surface area contributed by atoms with E-state index >= 15 is 0 Å². The number of rotatable bonds is 0. The van der Waals surface area contributed by atoms with Gasteiger partial charge in [0.25, 0.3) is 0 Å². The number of hydrogen-bond acceptors (Lipinski definition) is 2. The Labute approximate surface area is 115 Å². The fourth-order valence-corrected chi connectivity index (χ4v) is 3.27. The van der Waals surface area contributed by atoms with E-state index in [0.29, 0.717) is 22.8 Å². The van der Waals surface area contributed by atoms with Crippen molar-refractivity contribution in [2.24, 2.45) is 16.7 Å². The zero-order valence-corrected chi connectivity index (χ0v) is 14.0. The van der Waals surface area contributed by atoms with Gasteiger partial charge in [-0.1, -0.05) is 41.5 Å². The van der Waals surface area contributed by atoms with Gasteiger partial charge in [0.15, 0.2) is 0 Å². The molecule has 1 aliphatic heterocycles. The van der Waals surface area contributed by atoms with E-state index in [9.17, 15) is 0 Å². The summed E-state index contributed by atoms with van der Waals surface area (Å²) in [5, 5.41) is 3.63. The third-order valence-electron chi connectivity index (χ3n) is 4.22. The molecule has 0 aliphatic carbocycles. The molecule has 2 nitrogen and oxygen atoms in total. The number of nitrogens with zero attached hydrogens (tertiary/aromatic N) is 1. The van der Waals surface area contributed by atoms with Crippen molar-refractivity contribution >= 4 is 0 Å². The molecule has 0 spiro atoms. The molecule has 108 valence electrons. The van der Waals surface area contributed by atoms with Crippen LogP contribution in [0.5, 0.6) is 0 Å². The average Bonchev–Trinajstić information content (AvgIpc) is 2.12. The first kappa shape index (κ1) is 16.0. The first-order valence-electron chi connectivity index (χ1n) is 7.32. The van der Waals surface area contributed by atoms with E-state index in [-0.39, 0.29) is 5.54 Å². The maximum Gasteiger partial charge on any atom is 0.0488 e. The van der Waals surface area contributed by atoms with Gasteiger partial charge in [-0.2, -0.15) is 0 Å². The summed E-state index contributed by atoms with van der Waals surface area (Å²) in [6.07, 6.45) is 0. The quantitative estimate of drug-likeness (QED) is 0.708. The Balaban J connectivity index is 3.14. The van der Waals surface area contributed by atoms with Crippen molar-refractivity contribution in [1.82, 2.24) is 10.2 Å². The van der Waals surface area contributed by atoms with Crippen LogP contribution in [-0.4, -0.2) is 29.7 Å². The molecular formula is C16H34N2. The Morgan fingerprint density at radius 2 is 1.33 bits per heavy atom. The summed E-state index contributed by atoms with van der Waals surface area (Å²) in [5.74, 6) is 0.686. The minimum Gasteiger partial charge on any atom is -0.304 e. The van der Waals surface area contributed by atoms with E-state index in [1.165, 1.54) is 0 Å². The highest BCUT2D eigenvalue weighted by atomic mass is 15.3. The lowest BCUT2D eigenvalue weighted by Crippen LogP contribution is -2.66. The fraction of sp³-hybridized carbons (Fsp3) is 1.00. The van der Waals surface area contributed by atoms with E-state index in [2.05, 4.69) is 72.5 Å². The Bertz CT molecular complexity index is 253. The molecular weight excluding hydrogens is 220 g/mol. The van der Waals surface area contributed by atoms with Crippen LogP contribution in [0.2, 0.25) is 0 Å². The van der Waals surface area contributed by atoms with Gasteiger partial charge in [-0.05, 0) is 37.5 Å². The molecule has 1 aliphatic rings. The molecule has 0 saturated carbocycles. The summed E-state index contributed by atoms with van der Waals surface area (Å²) in [6.45, 7) is 23.4. The molecule has 2 heteroatoms. The third-order valence-corrected chi connectivity index (χ3v) is 4.22. The monoisotopic (exact) mass is 254 g/mol. The largest absolute Gasteiger partial charge is 0.304 e. The van der Waals surface area contributed by atoms with Gasteiger partial charge in [0.05, 0.1) is 0 Å². The predicted octanol–water partition coefficient (Wildman–Crippen LogP) is 3.72. The van der Waals surface area contributed by atoms with Gasteiger partial charge in [0, 0.05) is 24.8 Å². The van der Waals surface area contributed by atoms with E-state index in [4.69, 9.17) is 0 Å². The molecule has 2 unspecified atom stereocenters. The summed E-state index contributed by atoms with van der Waals surface area (Å²) in [6, 6.07) is 0.624. The zero-order valence-electron chi connectivity index (χ0n) is 14.0. The third kappa shape index (κ3) is 3.48. The summed E-state index contributed by atoms with van der Waals surface area (Å²) >= 11 is 0. The Morgan fingerprint density at radius 3 is 1.67 bits per heavy atom. The Hall–Kier alpha value is -0.0800. The molecule has 0 amide bonds. The standard InChI is InChI=1S/C16H34N2/c1-14(2,3)12-10-17-11-18(16(7,8)9)13(12)15(4,5)6/h12-13,17H,10-11H2,1-9H3. The average molecular weight is 254 g/mol. The minimum atomic E-state index is 0.217. The van der Waals surface area contributed by atoms with Gasteiger partial charge in [0.1, 0.15) is 0 Å². The van der Waals surface area contributed by atoms with Gasteiger partial charge in [0.2, 0.25) is 0 Å². The summed E-state index contributed by atoms with van der Waals surface area (Å²) in [4.78, 5) is 2.66. The van der Waals surface area contributed by atoms with Crippen LogP contribution in [0.1, 0.15) is 62.3 Å². The minimum absolute atomic E-state index is 0.217. The van der Waals surface area contributed by atoms with Crippen LogP contribution in [-0.2, 0) is 0 Å². The zero-order chi connectivity index (χ0) is 14.4. The highest BCUT2D eigenvalue weighted by Crippen LogP contribution is 2.42. The van der Waals surface area contributed by atoms with Gasteiger partial charge in [-0.15, -0.1) is 0 Å². The van der Waals surface area contributed by atoms with E-state index < -0.39 is 0 Å². The lowest BCUT2D eigenvalue weighted by atomic mass is 9.66. The molecule has 1 N–H and O–H groups in total. The van der Waals surface area contributed by atoms with E-state index in [0.717, 1.165) is 13.2 Å². The number of nitrogens with one attached hydrogen (secondary N) is 1. The molecule has 1 rings (SSSR count). The van der Waals surface area contributed by atoms with Crippen LogP contribution < -0.4 is 5.32 Å². The van der Waals surface area contributed by atoms with Crippen molar-refractivity contribution in [2.45, 2.75) is 73.9 Å². The second-order valence-corrected chi connectivity index (χ2v) is 9.04. The maximum atomic E-state index is 3.63. The van der Waals surface area contributed by atoms with Crippen LogP contribution in [0.15, 0.2) is 0 Å². The van der Waals surface area contributed by atoms with Crippen molar-refractivity contribution in [2.75, 3.05) is 13.2 Å². The summed E-state index contributed by atoms with van der Waals surface area (Å²) < 4.78 is 0. The second-order valence-electron chi connectivity index (χ2n) is 9.04. The molecule has 0 bridgehead atoms. The van der Waals surface area contributed by atoms with Crippen LogP contribution in [0.3, 0.4) is 0 Å². The van der Waals surface area contributed by atoms with Gasteiger partial charge in [-0.3, -0.25) is 4.90 Å². The molecule has 1 heterocycles. The van der Waals surface area contributed by atoms with E-state index in [1.807, 2.05) is 0 Å². The first-order valence-corrected chi connectivity index (χ1v) is 7.32. The van der Waals surface area contributed by atoms with Gasteiger partial charge >= 0.3 is 0 Å². The first-order chi connectivity index (χ1) is 7.85. The lowest BCUT2D eigenvalue weighted by molar-refractivity contribution is -0.0720. The molecule has 0 aromatic carbocycles. The second kappa shape index (κ2) is 4.79. The van der Waals surface area contributed by atoms with Gasteiger partial charge in [-0.25, -0.2) is 0 Å². The molecule has 0 aromatic heterocycles. The molecule has 2 atom stereocenters. The maximum absolute atomic E-state index is 3.63. The van der Waals surface area contributed by atoms with Crippen LogP contribution in [0.4, 0.5) is 0 Å². The Kier molecular flexibility index (Phi) is 4.25. The van der Waals surface area contributed by atoms with Gasteiger partial charge < -0.3 is 5.32 Å². The predicted molar refractivity (Wildman–Crippen MR) is 80.6 cm³/mol. The normalized spacial score (nSPS) is 28.5. The molecule has 1 fully saturated rings. The topological polar surface area (TPSA) is 15.3 Å². The number of hydrogen-bond donors (Lipinski definition) is 1. The SMILES string of the molecule is CC(C)(C)C1CNCN(C(C)(C)C)C1C(C)(C)C. The smallest absolute Gasteiger partial charge is 0.0488 e. The summed E-state index contributed by atoms with van der Waals surface area (Å²) in [7, 11) is 0. The van der Waals surface area contributed by atoms with E-state index in [1.54, 1.807) is 0 Å². The molecule has 1 saturated heterocycles. The molecule has 18 heavy (non-hydrogen) atoms. The van der Waals surface area contributed by atoms with Crippen molar-refractivity contribution in [3.05, 3.63) is 0 Å². The highest BCUT2D eigenvalue weighted by Gasteiger charge is 2.46. The van der Waals surface area contributed by atoms with Crippen LogP contribution in [0.25, 0.3) is 0 Å². The Morgan fingerprint density at radius 1 is 0.833 bits per heavy atom. The van der Waals surface area contributed by atoms with Crippen LogP contribution >= 0.6 is 0 Å². The lowest BCUT2D eigenvalue weighted by Gasteiger charge is -2.56. The molecule has 0 radical (unpaired) electrons. The fourth-order valence-electron chi connectivity index (χ4n) is 3.27. The van der Waals surface area contributed by atoms with Crippen molar-refractivity contribution in [3.63, 3.8) is 0 Å². The van der Waals surface area contributed by atoms with Crippen LogP contribution in [0, 0.1) is 16.7 Å². The van der Waals surface area contributed by atoms with Crippen molar-refractivity contribution < 1.29 is 0 Å².